The van der Waals surface area contributed by atoms with E-state index in [0.717, 1.165) is 12.2 Å². The third-order valence-corrected chi connectivity index (χ3v) is 3.01. The fourth-order valence-corrected chi connectivity index (χ4v) is 1.92. The van der Waals surface area contributed by atoms with E-state index in [2.05, 4.69) is 15.6 Å². The zero-order valence-electron chi connectivity index (χ0n) is 9.92. The molecule has 1 rings (SSSR count). The Morgan fingerprint density at radius 2 is 2.29 bits per heavy atom. The van der Waals surface area contributed by atoms with Gasteiger partial charge in [0.2, 0.25) is 0 Å². The number of pyridine rings is 1. The van der Waals surface area contributed by atoms with Gasteiger partial charge >= 0.3 is 0 Å². The van der Waals surface area contributed by atoms with Crippen molar-refractivity contribution in [2.45, 2.75) is 6.42 Å². The predicted molar refractivity (Wildman–Crippen MR) is 74.1 cm³/mol. The van der Waals surface area contributed by atoms with Crippen LogP contribution in [0.5, 0.6) is 0 Å². The number of rotatable bonds is 6. The maximum atomic E-state index is 11.8. The number of hydrogen-bond acceptors (Lipinski definition) is 4. The van der Waals surface area contributed by atoms with Crippen molar-refractivity contribution < 1.29 is 4.79 Å². The normalized spacial score (nSPS) is 10.1. The van der Waals surface area contributed by atoms with Crippen molar-refractivity contribution in [1.29, 1.82) is 0 Å². The molecule has 1 aromatic rings. The van der Waals surface area contributed by atoms with E-state index >= 15 is 0 Å². The van der Waals surface area contributed by atoms with Crippen LogP contribution < -0.4 is 10.6 Å². The van der Waals surface area contributed by atoms with E-state index in [1.54, 1.807) is 30.9 Å². The second-order valence-electron chi connectivity index (χ2n) is 3.42. The number of thioether (sulfide) groups is 1. The van der Waals surface area contributed by atoms with E-state index in [0.29, 0.717) is 23.1 Å². The van der Waals surface area contributed by atoms with Crippen LogP contribution in [0.4, 0.5) is 5.82 Å². The third-order valence-electron chi connectivity index (χ3n) is 2.12. The predicted octanol–water partition coefficient (Wildman–Crippen LogP) is 2.26. The molecule has 1 heterocycles. The second kappa shape index (κ2) is 7.40. The Morgan fingerprint density at radius 3 is 2.94 bits per heavy atom. The van der Waals surface area contributed by atoms with Crippen LogP contribution in [0.1, 0.15) is 16.8 Å². The van der Waals surface area contributed by atoms with E-state index in [-0.39, 0.29) is 5.91 Å². The van der Waals surface area contributed by atoms with Gasteiger partial charge in [0.25, 0.3) is 5.91 Å². The number of carbonyl (C=O) groups excluding carboxylic acids is 1. The topological polar surface area (TPSA) is 54.0 Å². The summed E-state index contributed by atoms with van der Waals surface area (Å²) in [5.74, 6) is 1.51. The molecule has 0 atom stereocenters. The molecule has 94 valence electrons. The zero-order valence-corrected chi connectivity index (χ0v) is 11.5. The largest absolute Gasteiger partial charge is 0.373 e. The Hall–Kier alpha value is -0.940. The lowest BCUT2D eigenvalue weighted by Crippen LogP contribution is -2.25. The number of halogens is 1. The Morgan fingerprint density at radius 1 is 1.53 bits per heavy atom. The van der Waals surface area contributed by atoms with Crippen LogP contribution in [0, 0.1) is 0 Å². The number of amides is 1. The molecule has 0 aliphatic carbocycles. The van der Waals surface area contributed by atoms with Gasteiger partial charge in [-0.15, -0.1) is 0 Å². The molecule has 0 aliphatic heterocycles. The van der Waals surface area contributed by atoms with Crippen molar-refractivity contribution in [1.82, 2.24) is 10.3 Å². The van der Waals surface area contributed by atoms with E-state index < -0.39 is 0 Å². The molecule has 0 saturated heterocycles. The zero-order chi connectivity index (χ0) is 12.7. The van der Waals surface area contributed by atoms with Crippen LogP contribution in [0.3, 0.4) is 0 Å². The second-order valence-corrected chi connectivity index (χ2v) is 4.79. The van der Waals surface area contributed by atoms with Crippen molar-refractivity contribution >= 4 is 35.1 Å². The molecule has 0 fully saturated rings. The fraction of sp³-hybridized carbons (Fsp3) is 0.455. The number of carbonyl (C=O) groups is 1. The summed E-state index contributed by atoms with van der Waals surface area (Å²) in [7, 11) is 1.73. The lowest BCUT2D eigenvalue weighted by molar-refractivity contribution is 0.0953. The molecular formula is C11H16ClN3OS. The summed E-state index contributed by atoms with van der Waals surface area (Å²) in [6.45, 7) is 0.675. The monoisotopic (exact) mass is 273 g/mol. The highest BCUT2D eigenvalue weighted by Crippen LogP contribution is 2.13. The number of aromatic nitrogens is 1. The van der Waals surface area contributed by atoms with E-state index in [9.17, 15) is 4.79 Å². The molecule has 0 aromatic carbocycles. The molecule has 17 heavy (non-hydrogen) atoms. The Kier molecular flexibility index (Phi) is 6.15. The molecule has 0 saturated carbocycles. The summed E-state index contributed by atoms with van der Waals surface area (Å²) in [6.07, 6.45) is 3.01. The SMILES string of the molecule is CNc1cc(C(=O)NCCCSC)cc(Cl)n1. The molecule has 1 amide bonds. The van der Waals surface area contributed by atoms with Crippen LogP contribution in [-0.4, -0.2) is 36.5 Å². The minimum Gasteiger partial charge on any atom is -0.373 e. The van der Waals surface area contributed by atoms with Gasteiger partial charge in [-0.05, 0) is 30.6 Å². The molecule has 0 unspecified atom stereocenters. The molecular weight excluding hydrogens is 258 g/mol. The van der Waals surface area contributed by atoms with Crippen molar-refractivity contribution in [3.63, 3.8) is 0 Å². The summed E-state index contributed by atoms with van der Waals surface area (Å²) in [6, 6.07) is 3.24. The fourth-order valence-electron chi connectivity index (χ4n) is 1.28. The average Bonchev–Trinajstić information content (AvgIpc) is 2.33. The molecule has 0 aliphatic rings. The van der Waals surface area contributed by atoms with E-state index in [1.165, 1.54) is 0 Å². The van der Waals surface area contributed by atoms with Crippen molar-refractivity contribution in [3.05, 3.63) is 22.8 Å². The van der Waals surface area contributed by atoms with Gasteiger partial charge in [-0.2, -0.15) is 11.8 Å². The minimum atomic E-state index is -0.119. The summed E-state index contributed by atoms with van der Waals surface area (Å²) in [5.41, 5.74) is 0.526. The lowest BCUT2D eigenvalue weighted by atomic mass is 10.2. The Balaban J connectivity index is 2.59. The number of anilines is 1. The maximum Gasteiger partial charge on any atom is 0.251 e. The maximum absolute atomic E-state index is 11.8. The Bertz CT molecular complexity index is 387. The van der Waals surface area contributed by atoms with Gasteiger partial charge in [0, 0.05) is 19.2 Å². The van der Waals surface area contributed by atoms with Gasteiger partial charge < -0.3 is 10.6 Å². The molecule has 0 spiro atoms. The summed E-state index contributed by atoms with van der Waals surface area (Å²) < 4.78 is 0. The molecule has 4 nitrogen and oxygen atoms in total. The van der Waals surface area contributed by atoms with Crippen molar-refractivity contribution in [2.24, 2.45) is 0 Å². The number of nitrogens with zero attached hydrogens (tertiary/aromatic N) is 1. The highest BCUT2D eigenvalue weighted by atomic mass is 35.5. The first-order valence-corrected chi connectivity index (χ1v) is 7.07. The molecule has 2 N–H and O–H groups in total. The number of nitrogens with one attached hydrogen (secondary N) is 2. The van der Waals surface area contributed by atoms with Crippen LogP contribution in [0.2, 0.25) is 5.15 Å². The van der Waals surface area contributed by atoms with Gasteiger partial charge in [0.1, 0.15) is 11.0 Å². The van der Waals surface area contributed by atoms with E-state index in [4.69, 9.17) is 11.6 Å². The van der Waals surface area contributed by atoms with Crippen LogP contribution in [-0.2, 0) is 0 Å². The molecule has 0 radical (unpaired) electrons. The quantitative estimate of drug-likeness (QED) is 0.617. The Labute approximate surface area is 111 Å². The van der Waals surface area contributed by atoms with E-state index in [1.807, 2.05) is 6.26 Å². The molecule has 1 aromatic heterocycles. The third kappa shape index (κ3) is 4.83. The van der Waals surface area contributed by atoms with Crippen molar-refractivity contribution in [3.8, 4) is 0 Å². The van der Waals surface area contributed by atoms with Crippen molar-refractivity contribution in [2.75, 3.05) is 30.9 Å². The average molecular weight is 274 g/mol. The molecule has 0 bridgehead atoms. The first kappa shape index (κ1) is 14.1. The summed E-state index contributed by atoms with van der Waals surface area (Å²) in [5, 5.41) is 6.02. The van der Waals surface area contributed by atoms with Crippen LogP contribution in [0.25, 0.3) is 0 Å². The highest BCUT2D eigenvalue weighted by Gasteiger charge is 2.08. The van der Waals surface area contributed by atoms with Gasteiger partial charge in [-0.25, -0.2) is 4.98 Å². The van der Waals surface area contributed by atoms with Crippen LogP contribution >= 0.6 is 23.4 Å². The van der Waals surface area contributed by atoms with Gasteiger partial charge in [-0.1, -0.05) is 11.6 Å². The standard InChI is InChI=1S/C11H16ClN3OS/c1-13-10-7-8(6-9(12)15-10)11(16)14-4-3-5-17-2/h6-7H,3-5H2,1-2H3,(H,13,15)(H,14,16). The molecule has 6 heteroatoms. The van der Waals surface area contributed by atoms with Gasteiger partial charge in [0.05, 0.1) is 0 Å². The lowest BCUT2D eigenvalue weighted by Gasteiger charge is -2.06. The first-order valence-electron chi connectivity index (χ1n) is 5.30. The summed E-state index contributed by atoms with van der Waals surface area (Å²) >= 11 is 7.59. The summed E-state index contributed by atoms with van der Waals surface area (Å²) in [4.78, 5) is 15.8. The number of hydrogen-bond donors (Lipinski definition) is 2. The van der Waals surface area contributed by atoms with Crippen LogP contribution in [0.15, 0.2) is 12.1 Å². The first-order chi connectivity index (χ1) is 8.17. The van der Waals surface area contributed by atoms with Gasteiger partial charge in [-0.3, -0.25) is 4.79 Å². The smallest absolute Gasteiger partial charge is 0.251 e. The minimum absolute atomic E-state index is 0.119. The van der Waals surface area contributed by atoms with Gasteiger partial charge in [0.15, 0.2) is 0 Å². The highest BCUT2D eigenvalue weighted by molar-refractivity contribution is 7.98.